The molecule has 0 unspecified atom stereocenters. The Labute approximate surface area is 190 Å². The standard InChI is InChI=1S/C22H22F6O4S/c1-2-13(4-7-18(31)20(21(23,24)25)22(26,27)28)19-8-6-17(33-19)12-32-16-5-3-14(10-29)15(9-16)11-30/h3-9,20,29-31H,2,10-12H2,1H3/b13-4-,18-7+. The fraction of sp³-hybridized carbons (Fsp3) is 0.364. The predicted octanol–water partition coefficient (Wildman–Crippen LogP) is 6.29. The maximum Gasteiger partial charge on any atom is 0.407 e. The Bertz CT molecular complexity index is 978. The molecular formula is C22H22F6O4S. The van der Waals surface area contributed by atoms with Crippen LogP contribution in [0.2, 0.25) is 0 Å². The molecule has 33 heavy (non-hydrogen) atoms. The fourth-order valence-corrected chi connectivity index (χ4v) is 3.97. The second kappa shape index (κ2) is 11.1. The lowest BCUT2D eigenvalue weighted by Crippen LogP contribution is -2.37. The van der Waals surface area contributed by atoms with Gasteiger partial charge in [-0.2, -0.15) is 26.3 Å². The number of rotatable bonds is 9. The summed E-state index contributed by atoms with van der Waals surface area (Å²) in [5.74, 6) is -5.32. The van der Waals surface area contributed by atoms with Crippen molar-refractivity contribution in [1.82, 2.24) is 0 Å². The minimum Gasteiger partial charge on any atom is -0.511 e. The Morgan fingerprint density at radius 2 is 1.61 bits per heavy atom. The van der Waals surface area contributed by atoms with Crippen molar-refractivity contribution in [3.63, 3.8) is 0 Å². The number of aliphatic hydroxyl groups excluding tert-OH is 3. The van der Waals surface area contributed by atoms with E-state index < -0.39 is 24.0 Å². The molecule has 0 aliphatic heterocycles. The molecule has 0 amide bonds. The summed E-state index contributed by atoms with van der Waals surface area (Å²) < 4.78 is 82.1. The Kier molecular flexibility index (Phi) is 8.98. The molecule has 2 aromatic rings. The Morgan fingerprint density at radius 3 is 2.15 bits per heavy atom. The number of benzene rings is 1. The van der Waals surface area contributed by atoms with Crippen molar-refractivity contribution in [1.29, 1.82) is 0 Å². The van der Waals surface area contributed by atoms with Gasteiger partial charge in [0.25, 0.3) is 0 Å². The van der Waals surface area contributed by atoms with Crippen LogP contribution in [0.3, 0.4) is 0 Å². The van der Waals surface area contributed by atoms with Gasteiger partial charge in [0, 0.05) is 9.75 Å². The molecule has 2 rings (SSSR count). The van der Waals surface area contributed by atoms with Crippen LogP contribution in [0.4, 0.5) is 26.3 Å². The molecule has 0 atom stereocenters. The van der Waals surface area contributed by atoms with Crippen molar-refractivity contribution in [2.45, 2.75) is 45.5 Å². The molecule has 3 N–H and O–H groups in total. The van der Waals surface area contributed by atoms with Crippen LogP contribution >= 0.6 is 11.3 Å². The van der Waals surface area contributed by atoms with Gasteiger partial charge in [-0.15, -0.1) is 11.3 Å². The lowest BCUT2D eigenvalue weighted by Gasteiger charge is -2.22. The molecule has 0 spiro atoms. The number of ether oxygens (including phenoxy) is 1. The van der Waals surface area contributed by atoms with E-state index in [1.54, 1.807) is 37.3 Å². The van der Waals surface area contributed by atoms with Crippen LogP contribution in [0.25, 0.3) is 5.57 Å². The Hall–Kier alpha value is -2.50. The SMILES string of the molecule is CC/C(=C/C=C(/O)C(C(F)(F)F)C(F)(F)F)c1ccc(COc2ccc(CO)c(CO)c2)s1. The smallest absolute Gasteiger partial charge is 0.407 e. The van der Waals surface area contributed by atoms with Crippen LogP contribution in [0.5, 0.6) is 5.75 Å². The number of alkyl halides is 6. The van der Waals surface area contributed by atoms with E-state index in [4.69, 9.17) is 4.74 Å². The van der Waals surface area contributed by atoms with Gasteiger partial charge in [0.05, 0.1) is 13.2 Å². The van der Waals surface area contributed by atoms with Crippen LogP contribution in [0.15, 0.2) is 48.2 Å². The summed E-state index contributed by atoms with van der Waals surface area (Å²) in [6.07, 6.45) is -9.57. The van der Waals surface area contributed by atoms with E-state index in [1.807, 2.05) is 0 Å². The van der Waals surface area contributed by atoms with Gasteiger partial charge in [-0.25, -0.2) is 0 Å². The van der Waals surface area contributed by atoms with Gasteiger partial charge in [0.1, 0.15) is 18.1 Å². The van der Waals surface area contributed by atoms with Crippen molar-refractivity contribution in [2.24, 2.45) is 5.92 Å². The summed E-state index contributed by atoms with van der Waals surface area (Å²) in [4.78, 5) is 1.33. The molecule has 1 aromatic heterocycles. The fourth-order valence-electron chi connectivity index (χ4n) is 2.95. The normalized spacial score (nSPS) is 13.6. The highest BCUT2D eigenvalue weighted by Crippen LogP contribution is 2.43. The molecule has 0 saturated carbocycles. The highest BCUT2D eigenvalue weighted by molar-refractivity contribution is 7.13. The first-order chi connectivity index (χ1) is 15.4. The zero-order chi connectivity index (χ0) is 24.8. The Morgan fingerprint density at radius 1 is 0.970 bits per heavy atom. The van der Waals surface area contributed by atoms with E-state index in [-0.39, 0.29) is 19.8 Å². The number of allylic oxidation sites excluding steroid dienone is 4. The van der Waals surface area contributed by atoms with Gasteiger partial charge in [-0.05, 0) is 53.5 Å². The Balaban J connectivity index is 2.17. The largest absolute Gasteiger partial charge is 0.511 e. The second-order valence-corrected chi connectivity index (χ2v) is 8.12. The predicted molar refractivity (Wildman–Crippen MR) is 112 cm³/mol. The number of hydrogen-bond acceptors (Lipinski definition) is 5. The van der Waals surface area contributed by atoms with Crippen LogP contribution < -0.4 is 4.74 Å². The summed E-state index contributed by atoms with van der Waals surface area (Å²) in [6, 6.07) is 8.19. The van der Waals surface area contributed by atoms with Crippen LogP contribution in [0, 0.1) is 5.92 Å². The molecule has 4 nitrogen and oxygen atoms in total. The zero-order valence-electron chi connectivity index (χ0n) is 17.4. The summed E-state index contributed by atoms with van der Waals surface area (Å²) in [6.45, 7) is 1.31. The van der Waals surface area contributed by atoms with E-state index in [9.17, 15) is 41.7 Å². The first-order valence-corrected chi connectivity index (χ1v) is 10.5. The molecule has 0 bridgehead atoms. The van der Waals surface area contributed by atoms with E-state index in [0.29, 0.717) is 39.8 Å². The zero-order valence-corrected chi connectivity index (χ0v) is 18.2. The number of halogens is 6. The van der Waals surface area contributed by atoms with Gasteiger partial charge < -0.3 is 20.1 Å². The first-order valence-electron chi connectivity index (χ1n) is 9.69. The van der Waals surface area contributed by atoms with Crippen molar-refractivity contribution >= 4 is 16.9 Å². The number of hydrogen-bond donors (Lipinski definition) is 3. The molecular weight excluding hydrogens is 474 g/mol. The third-order valence-electron chi connectivity index (χ3n) is 4.66. The minimum absolute atomic E-state index is 0.135. The van der Waals surface area contributed by atoms with Gasteiger partial charge in [-0.1, -0.05) is 19.1 Å². The molecule has 1 heterocycles. The molecule has 0 aliphatic carbocycles. The third-order valence-corrected chi connectivity index (χ3v) is 5.80. The number of aliphatic hydroxyl groups is 3. The monoisotopic (exact) mass is 496 g/mol. The summed E-state index contributed by atoms with van der Waals surface area (Å²) in [5.41, 5.74) is 1.52. The van der Waals surface area contributed by atoms with Crippen LogP contribution in [0.1, 0.15) is 34.2 Å². The van der Waals surface area contributed by atoms with Crippen molar-refractivity contribution < 1.29 is 46.4 Å². The maximum absolute atomic E-state index is 12.7. The molecule has 11 heteroatoms. The molecule has 0 radical (unpaired) electrons. The molecule has 0 aliphatic rings. The van der Waals surface area contributed by atoms with E-state index in [0.717, 1.165) is 11.0 Å². The van der Waals surface area contributed by atoms with Gasteiger partial charge in [0.15, 0.2) is 0 Å². The lowest BCUT2D eigenvalue weighted by molar-refractivity contribution is -0.278. The van der Waals surface area contributed by atoms with Crippen molar-refractivity contribution in [2.75, 3.05) is 0 Å². The first kappa shape index (κ1) is 26.7. The quantitative estimate of drug-likeness (QED) is 0.217. The average Bonchev–Trinajstić information content (AvgIpc) is 3.19. The highest BCUT2D eigenvalue weighted by atomic mass is 32.1. The molecule has 1 aromatic carbocycles. The van der Waals surface area contributed by atoms with Crippen molar-refractivity contribution in [3.8, 4) is 5.75 Å². The van der Waals surface area contributed by atoms with Crippen LogP contribution in [-0.2, 0) is 19.8 Å². The van der Waals surface area contributed by atoms with E-state index in [1.165, 1.54) is 11.3 Å². The molecule has 182 valence electrons. The van der Waals surface area contributed by atoms with Gasteiger partial charge in [-0.3, -0.25) is 0 Å². The molecule has 0 saturated heterocycles. The topological polar surface area (TPSA) is 69.9 Å². The second-order valence-electron chi connectivity index (χ2n) is 6.95. The van der Waals surface area contributed by atoms with Gasteiger partial charge in [0.2, 0.25) is 5.92 Å². The van der Waals surface area contributed by atoms with E-state index in [2.05, 4.69) is 0 Å². The number of thiophene rings is 1. The van der Waals surface area contributed by atoms with Crippen molar-refractivity contribution in [3.05, 3.63) is 69.1 Å². The molecule has 0 fully saturated rings. The summed E-state index contributed by atoms with van der Waals surface area (Å²) >= 11 is 1.24. The highest BCUT2D eigenvalue weighted by Gasteiger charge is 2.59. The summed E-state index contributed by atoms with van der Waals surface area (Å²) in [7, 11) is 0. The maximum atomic E-state index is 12.7. The lowest BCUT2D eigenvalue weighted by atomic mass is 10.0. The minimum atomic E-state index is -5.67. The van der Waals surface area contributed by atoms with Crippen LogP contribution in [-0.4, -0.2) is 27.7 Å². The third kappa shape index (κ3) is 7.24. The summed E-state index contributed by atoms with van der Waals surface area (Å²) in [5, 5.41) is 28.1. The van der Waals surface area contributed by atoms with Gasteiger partial charge >= 0.3 is 12.4 Å². The van der Waals surface area contributed by atoms with E-state index >= 15 is 0 Å². The average molecular weight is 496 g/mol.